The number of likely N-dealkylation sites (tertiary alicyclic amines) is 1. The highest BCUT2D eigenvalue weighted by atomic mass is 16.2. The largest absolute Gasteiger partial charge is 0.367 e. The summed E-state index contributed by atoms with van der Waals surface area (Å²) in [6.07, 6.45) is 6.34. The molecule has 0 N–H and O–H groups in total. The Morgan fingerprint density at radius 1 is 0.963 bits per heavy atom. The van der Waals surface area contributed by atoms with Gasteiger partial charge in [0.25, 0.3) is 0 Å². The predicted molar refractivity (Wildman–Crippen MR) is 107 cm³/mol. The first-order valence-corrected chi connectivity index (χ1v) is 9.89. The molecule has 1 amide bonds. The third-order valence-electron chi connectivity index (χ3n) is 5.89. The van der Waals surface area contributed by atoms with Crippen LogP contribution in [0.25, 0.3) is 16.6 Å². The van der Waals surface area contributed by atoms with Crippen molar-refractivity contribution in [2.45, 2.75) is 12.8 Å². The van der Waals surface area contributed by atoms with E-state index in [9.17, 15) is 4.79 Å². The molecule has 5 rings (SSSR count). The van der Waals surface area contributed by atoms with Crippen LogP contribution < -0.4 is 4.90 Å². The number of carbonyl (C=O) groups excluding carboxylic acids is 1. The third kappa shape index (κ3) is 3.04. The number of amides is 1. The van der Waals surface area contributed by atoms with E-state index in [1.54, 1.807) is 0 Å². The normalized spacial score (nSPS) is 18.7. The van der Waals surface area contributed by atoms with Gasteiger partial charge in [-0.05, 0) is 37.1 Å². The number of carbonyl (C=O) groups is 1. The van der Waals surface area contributed by atoms with E-state index in [1.807, 2.05) is 11.1 Å². The number of rotatable bonds is 3. The Labute approximate surface area is 159 Å². The number of piperazine rings is 1. The van der Waals surface area contributed by atoms with Crippen LogP contribution >= 0.6 is 0 Å². The lowest BCUT2D eigenvalue weighted by atomic mass is 10.2. The van der Waals surface area contributed by atoms with Crippen LogP contribution in [-0.4, -0.2) is 70.9 Å². The molecule has 2 saturated heterocycles. The molecule has 2 aliphatic heterocycles. The number of hydrogen-bond donors (Lipinski definition) is 0. The second-order valence-electron chi connectivity index (χ2n) is 7.56. The van der Waals surface area contributed by atoms with Crippen molar-refractivity contribution in [3.63, 3.8) is 0 Å². The van der Waals surface area contributed by atoms with Crippen molar-refractivity contribution >= 4 is 28.1 Å². The van der Waals surface area contributed by atoms with E-state index in [4.69, 9.17) is 4.98 Å². The lowest BCUT2D eigenvalue weighted by molar-refractivity contribution is -0.131. The first-order valence-electron chi connectivity index (χ1n) is 9.89. The van der Waals surface area contributed by atoms with Crippen molar-refractivity contribution in [3.8, 4) is 0 Å². The molecule has 4 heterocycles. The minimum absolute atomic E-state index is 0.294. The Morgan fingerprint density at radius 3 is 2.59 bits per heavy atom. The first kappa shape index (κ1) is 16.6. The zero-order chi connectivity index (χ0) is 18.2. The van der Waals surface area contributed by atoms with Crippen LogP contribution in [0, 0.1) is 0 Å². The van der Waals surface area contributed by atoms with E-state index in [1.165, 1.54) is 5.69 Å². The van der Waals surface area contributed by atoms with Gasteiger partial charge in [0.05, 0.1) is 29.5 Å². The number of nitrogens with zero attached hydrogens (tertiary/aromatic N) is 5. The second kappa shape index (κ2) is 6.85. The Hall–Kier alpha value is -2.60. The maximum atomic E-state index is 12.4. The van der Waals surface area contributed by atoms with Gasteiger partial charge in [0.1, 0.15) is 5.52 Å². The SMILES string of the molecule is O=C(CN1CCN(c2cccc3c2ncc2cccn23)CC1)N1CCCC1. The standard InChI is InChI=1S/C21H25N5O/c27-20(25-8-1-2-9-25)16-23-11-13-24(14-12-23)18-6-3-7-19-21(18)22-15-17-5-4-10-26(17)19/h3-7,10,15H,1-2,8-9,11-14,16H2. The van der Waals surface area contributed by atoms with Crippen molar-refractivity contribution in [3.05, 3.63) is 42.7 Å². The molecule has 0 radical (unpaired) electrons. The molecule has 3 aromatic rings. The highest BCUT2D eigenvalue weighted by Crippen LogP contribution is 2.27. The van der Waals surface area contributed by atoms with Crippen LogP contribution in [0.3, 0.4) is 0 Å². The predicted octanol–water partition coefficient (Wildman–Crippen LogP) is 2.23. The lowest BCUT2D eigenvalue weighted by Crippen LogP contribution is -2.50. The minimum Gasteiger partial charge on any atom is -0.367 e. The van der Waals surface area contributed by atoms with Gasteiger partial charge in [-0.1, -0.05) is 6.07 Å². The van der Waals surface area contributed by atoms with E-state index in [2.05, 4.69) is 50.7 Å². The number of fused-ring (bicyclic) bond motifs is 3. The van der Waals surface area contributed by atoms with Gasteiger partial charge in [0, 0.05) is 45.5 Å². The molecule has 0 aliphatic carbocycles. The maximum absolute atomic E-state index is 12.4. The lowest BCUT2D eigenvalue weighted by Gasteiger charge is -2.36. The van der Waals surface area contributed by atoms with E-state index in [-0.39, 0.29) is 0 Å². The second-order valence-corrected chi connectivity index (χ2v) is 7.56. The van der Waals surface area contributed by atoms with Crippen LogP contribution in [0.1, 0.15) is 12.8 Å². The quantitative estimate of drug-likeness (QED) is 0.716. The third-order valence-corrected chi connectivity index (χ3v) is 5.89. The average molecular weight is 363 g/mol. The molecule has 2 aromatic heterocycles. The smallest absolute Gasteiger partial charge is 0.236 e. The van der Waals surface area contributed by atoms with Crippen molar-refractivity contribution in [2.75, 3.05) is 50.7 Å². The molecule has 0 spiro atoms. The zero-order valence-corrected chi connectivity index (χ0v) is 15.5. The van der Waals surface area contributed by atoms with E-state index in [0.717, 1.165) is 68.7 Å². The number of hydrogen-bond acceptors (Lipinski definition) is 4. The molecule has 0 saturated carbocycles. The fourth-order valence-corrected chi connectivity index (χ4v) is 4.36. The topological polar surface area (TPSA) is 44.1 Å². The minimum atomic E-state index is 0.294. The fourth-order valence-electron chi connectivity index (χ4n) is 4.36. The van der Waals surface area contributed by atoms with Gasteiger partial charge in [-0.3, -0.25) is 14.7 Å². The molecule has 2 fully saturated rings. The maximum Gasteiger partial charge on any atom is 0.236 e. The summed E-state index contributed by atoms with van der Waals surface area (Å²) < 4.78 is 2.19. The van der Waals surface area contributed by atoms with Gasteiger partial charge in [0.15, 0.2) is 0 Å². The Kier molecular flexibility index (Phi) is 4.20. The number of benzene rings is 1. The van der Waals surface area contributed by atoms with Crippen molar-refractivity contribution in [1.82, 2.24) is 19.2 Å². The van der Waals surface area contributed by atoms with Crippen molar-refractivity contribution < 1.29 is 4.79 Å². The van der Waals surface area contributed by atoms with Gasteiger partial charge in [-0.15, -0.1) is 0 Å². The highest BCUT2D eigenvalue weighted by Gasteiger charge is 2.24. The summed E-state index contributed by atoms with van der Waals surface area (Å²) >= 11 is 0. The summed E-state index contributed by atoms with van der Waals surface area (Å²) in [5, 5.41) is 0. The van der Waals surface area contributed by atoms with Crippen LogP contribution in [0.4, 0.5) is 5.69 Å². The molecule has 0 bridgehead atoms. The van der Waals surface area contributed by atoms with Crippen molar-refractivity contribution in [1.29, 1.82) is 0 Å². The van der Waals surface area contributed by atoms with E-state index >= 15 is 0 Å². The van der Waals surface area contributed by atoms with Crippen LogP contribution in [-0.2, 0) is 4.79 Å². The van der Waals surface area contributed by atoms with Gasteiger partial charge in [0.2, 0.25) is 5.91 Å². The Balaban J connectivity index is 1.31. The Morgan fingerprint density at radius 2 is 1.78 bits per heavy atom. The van der Waals surface area contributed by atoms with Gasteiger partial charge in [-0.25, -0.2) is 0 Å². The van der Waals surface area contributed by atoms with Crippen LogP contribution in [0.5, 0.6) is 0 Å². The number of aromatic nitrogens is 2. The molecular formula is C21H25N5O. The summed E-state index contributed by atoms with van der Waals surface area (Å²) in [6.45, 7) is 6.13. The number of para-hydroxylation sites is 1. The van der Waals surface area contributed by atoms with Gasteiger partial charge in [-0.2, -0.15) is 0 Å². The zero-order valence-electron chi connectivity index (χ0n) is 15.5. The molecule has 27 heavy (non-hydrogen) atoms. The summed E-state index contributed by atoms with van der Waals surface area (Å²) in [4.78, 5) is 23.8. The monoisotopic (exact) mass is 363 g/mol. The molecule has 0 atom stereocenters. The summed E-state index contributed by atoms with van der Waals surface area (Å²) in [7, 11) is 0. The van der Waals surface area contributed by atoms with Crippen LogP contribution in [0.15, 0.2) is 42.7 Å². The van der Waals surface area contributed by atoms with Gasteiger partial charge < -0.3 is 14.2 Å². The summed E-state index contributed by atoms with van der Waals surface area (Å²) in [5.74, 6) is 0.294. The van der Waals surface area contributed by atoms with Crippen molar-refractivity contribution in [2.24, 2.45) is 0 Å². The molecular weight excluding hydrogens is 338 g/mol. The van der Waals surface area contributed by atoms with Crippen LogP contribution in [0.2, 0.25) is 0 Å². The Bertz CT molecular complexity index is 967. The first-order chi connectivity index (χ1) is 13.3. The van der Waals surface area contributed by atoms with E-state index < -0.39 is 0 Å². The molecule has 1 aromatic carbocycles. The summed E-state index contributed by atoms with van der Waals surface area (Å²) in [5.41, 5.74) is 4.49. The molecule has 2 aliphatic rings. The molecule has 6 nitrogen and oxygen atoms in total. The highest BCUT2D eigenvalue weighted by molar-refractivity contribution is 5.90. The summed E-state index contributed by atoms with van der Waals surface area (Å²) in [6, 6.07) is 10.5. The van der Waals surface area contributed by atoms with Gasteiger partial charge >= 0.3 is 0 Å². The number of anilines is 1. The van der Waals surface area contributed by atoms with E-state index in [0.29, 0.717) is 12.5 Å². The molecule has 140 valence electrons. The molecule has 6 heteroatoms. The average Bonchev–Trinajstić information content (AvgIpc) is 3.40. The molecule has 0 unspecified atom stereocenters. The fraction of sp³-hybridized carbons (Fsp3) is 0.429.